The number of hydrogen-bond donors (Lipinski definition) is 0. The van der Waals surface area contributed by atoms with Crippen molar-refractivity contribution in [1.29, 1.82) is 0 Å². The van der Waals surface area contributed by atoms with E-state index in [1.807, 2.05) is 0 Å². The lowest BCUT2D eigenvalue weighted by Crippen LogP contribution is -2.17. The maximum Gasteiger partial charge on any atom is 0.198 e. The zero-order valence-corrected chi connectivity index (χ0v) is 21.0. The van der Waals surface area contributed by atoms with Crippen molar-refractivity contribution in [2.24, 2.45) is 0 Å². The highest BCUT2D eigenvalue weighted by molar-refractivity contribution is 6.42. The van der Waals surface area contributed by atoms with E-state index in [-0.39, 0.29) is 9.52 Å². The van der Waals surface area contributed by atoms with Crippen molar-refractivity contribution in [2.75, 3.05) is 6.61 Å². The fourth-order valence-electron chi connectivity index (χ4n) is 4.48. The standard InChI is InChI=1S/C26H50O2Si/c1-2-3-23-29-26(24-27)21-17-12-10-8-6-4-5-7-9-11-13-18-22-28-25-19-15-14-16-20-25/h14,25-26H,2-13,15-23,29H2,1H3. The summed E-state index contributed by atoms with van der Waals surface area (Å²) >= 11 is 0. The Kier molecular flexibility index (Phi) is 19.6. The predicted octanol–water partition coefficient (Wildman–Crippen LogP) is 7.51. The summed E-state index contributed by atoms with van der Waals surface area (Å²) in [6.07, 6.45) is 30.4. The van der Waals surface area contributed by atoms with Gasteiger partial charge in [-0.15, -0.1) is 0 Å². The lowest BCUT2D eigenvalue weighted by Gasteiger charge is -2.21. The summed E-state index contributed by atoms with van der Waals surface area (Å²) in [6, 6.07) is 1.34. The number of ether oxygens (including phenoxy) is 1. The van der Waals surface area contributed by atoms with Crippen molar-refractivity contribution in [1.82, 2.24) is 0 Å². The van der Waals surface area contributed by atoms with Gasteiger partial charge in [-0.05, 0) is 44.9 Å². The van der Waals surface area contributed by atoms with Crippen LogP contribution >= 0.6 is 0 Å². The van der Waals surface area contributed by atoms with E-state index in [2.05, 4.69) is 19.6 Å². The molecule has 0 bridgehead atoms. The Balaban J connectivity index is 1.72. The maximum atomic E-state index is 11.0. The van der Waals surface area contributed by atoms with E-state index in [4.69, 9.17) is 4.74 Å². The second-order valence-electron chi connectivity index (χ2n) is 9.28. The molecule has 1 unspecified atom stereocenters. The first-order chi connectivity index (χ1) is 14.4. The monoisotopic (exact) mass is 422 g/mol. The molecule has 0 saturated heterocycles. The fraction of sp³-hybridized carbons (Fsp3) is 0.923. The van der Waals surface area contributed by atoms with E-state index >= 15 is 0 Å². The molecule has 0 spiro atoms. The minimum atomic E-state index is -0.186. The third kappa shape index (κ3) is 17.2. The molecule has 1 atom stereocenters. The lowest BCUT2D eigenvalue weighted by atomic mass is 9.98. The van der Waals surface area contributed by atoms with E-state index in [9.17, 15) is 4.79 Å². The van der Waals surface area contributed by atoms with Crippen molar-refractivity contribution in [2.45, 2.75) is 147 Å². The molecule has 3 heteroatoms. The number of unbranched alkanes of at least 4 members (excludes halogenated alkanes) is 12. The van der Waals surface area contributed by atoms with Crippen LogP contribution < -0.4 is 0 Å². The smallest absolute Gasteiger partial charge is 0.198 e. The van der Waals surface area contributed by atoms with E-state index in [0.717, 1.165) is 13.0 Å². The van der Waals surface area contributed by atoms with Crippen molar-refractivity contribution in [3.8, 4) is 0 Å². The van der Waals surface area contributed by atoms with Crippen LogP contribution in [-0.2, 0) is 9.53 Å². The van der Waals surface area contributed by atoms with E-state index < -0.39 is 0 Å². The van der Waals surface area contributed by atoms with E-state index in [1.54, 1.807) is 0 Å². The summed E-state index contributed by atoms with van der Waals surface area (Å²) in [7, 11) is -0.186. The molecular weight excluding hydrogens is 372 g/mol. The Hall–Kier alpha value is -0.153. The molecule has 29 heavy (non-hydrogen) atoms. The van der Waals surface area contributed by atoms with Gasteiger partial charge in [0.05, 0.1) is 6.10 Å². The lowest BCUT2D eigenvalue weighted by molar-refractivity contribution is 0.0326. The molecule has 170 valence electrons. The highest BCUT2D eigenvalue weighted by Gasteiger charge is 2.13. The van der Waals surface area contributed by atoms with Gasteiger partial charge in [-0.3, -0.25) is 4.79 Å². The first-order valence-electron chi connectivity index (χ1n) is 13.2. The molecule has 0 aromatic heterocycles. The number of carbonyl (C=O) groups excluding carboxylic acids is 1. The summed E-state index contributed by atoms with van der Waals surface area (Å²) in [6.45, 7) is 3.22. The van der Waals surface area contributed by atoms with Crippen LogP contribution in [0.1, 0.15) is 129 Å². The summed E-state index contributed by atoms with van der Waals surface area (Å²) < 4.78 is 5.99. The second-order valence-corrected chi connectivity index (χ2v) is 11.5. The molecule has 0 heterocycles. The average molecular weight is 423 g/mol. The van der Waals surface area contributed by atoms with Gasteiger partial charge in [0.1, 0.15) is 0 Å². The van der Waals surface area contributed by atoms with Gasteiger partial charge in [0.25, 0.3) is 0 Å². The molecule has 2 radical (unpaired) electrons. The van der Waals surface area contributed by atoms with Gasteiger partial charge in [-0.25, -0.2) is 0 Å². The Morgan fingerprint density at radius 2 is 1.41 bits per heavy atom. The molecule has 1 aliphatic rings. The molecule has 0 N–H and O–H groups in total. The average Bonchev–Trinajstić information content (AvgIpc) is 2.76. The quantitative estimate of drug-likeness (QED) is 0.141. The molecule has 0 aromatic carbocycles. The van der Waals surface area contributed by atoms with E-state index in [1.165, 1.54) is 122 Å². The van der Waals surface area contributed by atoms with Crippen molar-refractivity contribution in [3.63, 3.8) is 0 Å². The minimum Gasteiger partial charge on any atom is -0.378 e. The van der Waals surface area contributed by atoms with E-state index in [0.29, 0.717) is 11.6 Å². The highest BCUT2D eigenvalue weighted by Crippen LogP contribution is 2.20. The van der Waals surface area contributed by atoms with Gasteiger partial charge in [0.2, 0.25) is 0 Å². The molecule has 1 rings (SSSR count). The van der Waals surface area contributed by atoms with Crippen LogP contribution in [0, 0.1) is 6.42 Å². The fourth-order valence-corrected chi connectivity index (χ4v) is 6.45. The highest BCUT2D eigenvalue weighted by atomic mass is 28.2. The zero-order valence-electron chi connectivity index (χ0n) is 19.6. The third-order valence-corrected chi connectivity index (χ3v) is 8.69. The first-order valence-corrected chi connectivity index (χ1v) is 15.0. The molecule has 1 fully saturated rings. The van der Waals surface area contributed by atoms with Crippen LogP contribution in [0.5, 0.6) is 0 Å². The van der Waals surface area contributed by atoms with Gasteiger partial charge in [-0.2, -0.15) is 0 Å². The maximum absolute atomic E-state index is 11.0. The molecule has 2 nitrogen and oxygen atoms in total. The van der Waals surface area contributed by atoms with Gasteiger partial charge in [0, 0.05) is 21.7 Å². The Bertz CT molecular complexity index is 342. The van der Waals surface area contributed by atoms with Gasteiger partial charge < -0.3 is 4.74 Å². The largest absolute Gasteiger partial charge is 0.378 e. The number of hydrogen-bond acceptors (Lipinski definition) is 2. The topological polar surface area (TPSA) is 26.3 Å². The van der Waals surface area contributed by atoms with Gasteiger partial charge in [0.15, 0.2) is 6.29 Å². The van der Waals surface area contributed by atoms with Crippen LogP contribution in [0.2, 0.25) is 11.6 Å². The van der Waals surface area contributed by atoms with Crippen LogP contribution in [0.3, 0.4) is 0 Å². The van der Waals surface area contributed by atoms with Crippen molar-refractivity contribution < 1.29 is 9.53 Å². The predicted molar refractivity (Wildman–Crippen MR) is 130 cm³/mol. The molecule has 0 amide bonds. The molecule has 1 aliphatic carbocycles. The summed E-state index contributed by atoms with van der Waals surface area (Å²) in [5, 5.41) is 0. The van der Waals surface area contributed by atoms with Crippen LogP contribution in [0.4, 0.5) is 0 Å². The summed E-state index contributed by atoms with van der Waals surface area (Å²) in [5.41, 5.74) is 0.346. The second kappa shape index (κ2) is 21.1. The molecule has 0 aromatic rings. The normalized spacial score (nSPS) is 16.6. The number of rotatable bonds is 21. The van der Waals surface area contributed by atoms with Crippen LogP contribution in [0.15, 0.2) is 0 Å². The minimum absolute atomic E-state index is 0.186. The Morgan fingerprint density at radius 1 is 0.862 bits per heavy atom. The summed E-state index contributed by atoms with van der Waals surface area (Å²) in [4.78, 5) is 11.0. The molecule has 0 aliphatic heterocycles. The van der Waals surface area contributed by atoms with Gasteiger partial charge in [-0.1, -0.05) is 96.4 Å². The first kappa shape index (κ1) is 26.9. The molecule has 1 saturated carbocycles. The SMILES string of the molecule is CCCC[SiH2]C([C]=O)CCCCCCCCCCCCCCOC1CC[CH]CC1. The third-order valence-electron chi connectivity index (χ3n) is 6.51. The van der Waals surface area contributed by atoms with Crippen molar-refractivity contribution >= 4 is 15.8 Å². The Morgan fingerprint density at radius 3 is 1.97 bits per heavy atom. The van der Waals surface area contributed by atoms with Crippen LogP contribution in [0.25, 0.3) is 0 Å². The Labute approximate surface area is 185 Å². The summed E-state index contributed by atoms with van der Waals surface area (Å²) in [5.74, 6) is 0. The van der Waals surface area contributed by atoms with Gasteiger partial charge >= 0.3 is 0 Å². The molecular formula is C26H50O2Si. The van der Waals surface area contributed by atoms with Crippen LogP contribution in [-0.4, -0.2) is 28.5 Å². The zero-order chi connectivity index (χ0) is 20.8. The van der Waals surface area contributed by atoms with Crippen molar-refractivity contribution in [3.05, 3.63) is 6.42 Å².